The van der Waals surface area contributed by atoms with Crippen molar-refractivity contribution in [1.82, 2.24) is 5.32 Å². The number of nitrogens with one attached hydrogen (secondary N) is 1. The van der Waals surface area contributed by atoms with E-state index < -0.39 is 0 Å². The van der Waals surface area contributed by atoms with Crippen LogP contribution >= 0.6 is 11.6 Å². The first-order valence-corrected chi connectivity index (χ1v) is 6.75. The number of rotatable bonds is 5. The molecule has 0 atom stereocenters. The van der Waals surface area contributed by atoms with Crippen molar-refractivity contribution in [3.05, 3.63) is 40.4 Å². The molecule has 0 aromatic heterocycles. The van der Waals surface area contributed by atoms with Crippen LogP contribution in [-0.4, -0.2) is 24.2 Å². The monoisotopic (exact) mass is 279 g/mol. The van der Waals surface area contributed by atoms with Crippen LogP contribution in [0.2, 0.25) is 5.02 Å². The molecule has 1 aliphatic carbocycles. The molecule has 0 heterocycles. The number of hydrogen-bond acceptors (Lipinski definition) is 2. The third-order valence-corrected chi connectivity index (χ3v) is 3.74. The van der Waals surface area contributed by atoms with Crippen molar-refractivity contribution in [3.8, 4) is 0 Å². The van der Waals surface area contributed by atoms with Gasteiger partial charge in [-0.3, -0.25) is 4.79 Å². The van der Waals surface area contributed by atoms with Crippen LogP contribution in [0.15, 0.2) is 29.8 Å². The van der Waals surface area contributed by atoms with Gasteiger partial charge in [0.2, 0.25) is 5.91 Å². The number of benzene rings is 1. The minimum absolute atomic E-state index is 0.0635. The Hall–Kier alpha value is -1.32. The normalized spacial score (nSPS) is 17.1. The van der Waals surface area contributed by atoms with Crippen molar-refractivity contribution in [3.63, 3.8) is 0 Å². The zero-order chi connectivity index (χ0) is 13.9. The summed E-state index contributed by atoms with van der Waals surface area (Å²) in [6.45, 7) is 2.46. The highest BCUT2D eigenvalue weighted by Crippen LogP contribution is 2.44. The van der Waals surface area contributed by atoms with E-state index in [2.05, 4.69) is 5.32 Å². The summed E-state index contributed by atoms with van der Waals surface area (Å²) in [6.07, 6.45) is 3.78. The van der Waals surface area contributed by atoms with Crippen LogP contribution in [0, 0.1) is 5.41 Å². The number of halogens is 1. The van der Waals surface area contributed by atoms with Gasteiger partial charge in [0.25, 0.3) is 0 Å². The minimum Gasteiger partial charge on any atom is -0.396 e. The van der Waals surface area contributed by atoms with E-state index in [0.717, 1.165) is 18.4 Å². The smallest absolute Gasteiger partial charge is 0.246 e. The summed E-state index contributed by atoms with van der Waals surface area (Å²) in [4.78, 5) is 11.9. The highest BCUT2D eigenvalue weighted by atomic mass is 35.5. The summed E-state index contributed by atoms with van der Waals surface area (Å²) in [5, 5.41) is 12.7. The molecule has 19 heavy (non-hydrogen) atoms. The zero-order valence-corrected chi connectivity index (χ0v) is 11.7. The van der Waals surface area contributed by atoms with Crippen LogP contribution in [0.3, 0.4) is 0 Å². The number of carbonyl (C=O) groups excluding carboxylic acids is 1. The maximum Gasteiger partial charge on any atom is 0.246 e. The molecular weight excluding hydrogens is 262 g/mol. The summed E-state index contributed by atoms with van der Waals surface area (Å²) < 4.78 is 0. The number of carbonyl (C=O) groups is 1. The molecule has 0 unspecified atom stereocenters. The predicted molar refractivity (Wildman–Crippen MR) is 76.9 cm³/mol. The Morgan fingerprint density at radius 2 is 2.26 bits per heavy atom. The van der Waals surface area contributed by atoms with Gasteiger partial charge in [0.1, 0.15) is 0 Å². The van der Waals surface area contributed by atoms with E-state index in [4.69, 9.17) is 11.6 Å². The SMILES string of the molecule is C/C(=C/c1cccc(Cl)c1)C(=O)NCC1(CO)CC1. The Bertz CT molecular complexity index is 507. The van der Waals surface area contributed by atoms with Gasteiger partial charge in [-0.25, -0.2) is 0 Å². The van der Waals surface area contributed by atoms with Gasteiger partial charge in [-0.15, -0.1) is 0 Å². The van der Waals surface area contributed by atoms with E-state index in [1.807, 2.05) is 18.2 Å². The highest BCUT2D eigenvalue weighted by Gasteiger charge is 2.42. The lowest BCUT2D eigenvalue weighted by molar-refractivity contribution is -0.117. The van der Waals surface area contributed by atoms with Crippen molar-refractivity contribution < 1.29 is 9.90 Å². The van der Waals surface area contributed by atoms with E-state index in [1.54, 1.807) is 19.1 Å². The molecule has 0 bridgehead atoms. The number of amides is 1. The van der Waals surface area contributed by atoms with E-state index in [0.29, 0.717) is 17.1 Å². The van der Waals surface area contributed by atoms with Gasteiger partial charge in [0.15, 0.2) is 0 Å². The second-order valence-electron chi connectivity index (χ2n) is 5.22. The fourth-order valence-electron chi connectivity index (χ4n) is 1.89. The third-order valence-electron chi connectivity index (χ3n) is 3.51. The quantitative estimate of drug-likeness (QED) is 0.814. The lowest BCUT2D eigenvalue weighted by Gasteiger charge is -2.12. The van der Waals surface area contributed by atoms with Crippen molar-refractivity contribution in [2.24, 2.45) is 5.41 Å². The Labute approximate surface area is 118 Å². The summed E-state index contributed by atoms with van der Waals surface area (Å²) in [5.41, 5.74) is 1.48. The third kappa shape index (κ3) is 3.82. The minimum atomic E-state index is -0.0975. The molecule has 1 aromatic rings. The average Bonchev–Trinajstić information content (AvgIpc) is 3.16. The van der Waals surface area contributed by atoms with E-state index in [1.165, 1.54) is 0 Å². The second-order valence-corrected chi connectivity index (χ2v) is 5.66. The Morgan fingerprint density at radius 3 is 2.84 bits per heavy atom. The zero-order valence-electron chi connectivity index (χ0n) is 10.9. The first kappa shape index (κ1) is 14.1. The first-order valence-electron chi connectivity index (χ1n) is 6.38. The molecule has 1 fully saturated rings. The van der Waals surface area contributed by atoms with Crippen LogP contribution in [0.5, 0.6) is 0 Å². The fraction of sp³-hybridized carbons (Fsp3) is 0.400. The summed E-state index contributed by atoms with van der Waals surface area (Å²) in [7, 11) is 0. The Morgan fingerprint density at radius 1 is 1.53 bits per heavy atom. The topological polar surface area (TPSA) is 49.3 Å². The molecule has 102 valence electrons. The summed E-state index contributed by atoms with van der Waals surface area (Å²) in [5.74, 6) is -0.0975. The molecule has 2 N–H and O–H groups in total. The predicted octanol–water partition coefficient (Wildman–Crippen LogP) is 2.63. The summed E-state index contributed by atoms with van der Waals surface area (Å²) in [6, 6.07) is 7.36. The van der Waals surface area contributed by atoms with Crippen LogP contribution in [-0.2, 0) is 4.79 Å². The fourth-order valence-corrected chi connectivity index (χ4v) is 2.09. The van der Waals surface area contributed by atoms with Gasteiger partial charge in [-0.1, -0.05) is 23.7 Å². The summed E-state index contributed by atoms with van der Waals surface area (Å²) >= 11 is 5.90. The molecule has 2 rings (SSSR count). The number of hydrogen-bond donors (Lipinski definition) is 2. The maximum atomic E-state index is 11.9. The molecule has 3 nitrogen and oxygen atoms in total. The molecular formula is C15H18ClNO2. The Balaban J connectivity index is 1.95. The highest BCUT2D eigenvalue weighted by molar-refractivity contribution is 6.30. The molecule has 0 radical (unpaired) electrons. The van der Waals surface area contributed by atoms with E-state index in [-0.39, 0.29) is 17.9 Å². The lowest BCUT2D eigenvalue weighted by atomic mass is 10.1. The van der Waals surface area contributed by atoms with Gasteiger partial charge in [-0.05, 0) is 43.5 Å². The largest absolute Gasteiger partial charge is 0.396 e. The van der Waals surface area contributed by atoms with Gasteiger partial charge < -0.3 is 10.4 Å². The standard InChI is InChI=1S/C15H18ClNO2/c1-11(7-12-3-2-4-13(16)8-12)14(19)17-9-15(10-18)5-6-15/h2-4,7-8,18H,5-6,9-10H2,1H3,(H,17,19)/b11-7-. The molecule has 1 amide bonds. The molecule has 1 aliphatic rings. The molecule has 1 aromatic carbocycles. The number of aliphatic hydroxyl groups excluding tert-OH is 1. The van der Waals surface area contributed by atoms with Gasteiger partial charge in [0, 0.05) is 22.6 Å². The van der Waals surface area contributed by atoms with Gasteiger partial charge in [0.05, 0.1) is 6.61 Å². The molecule has 0 saturated heterocycles. The molecule has 0 aliphatic heterocycles. The molecule has 1 saturated carbocycles. The average molecular weight is 280 g/mol. The Kier molecular flexibility index (Phi) is 4.27. The first-order chi connectivity index (χ1) is 9.04. The number of aliphatic hydroxyl groups is 1. The van der Waals surface area contributed by atoms with E-state index >= 15 is 0 Å². The van der Waals surface area contributed by atoms with Crippen LogP contribution in [0.25, 0.3) is 6.08 Å². The van der Waals surface area contributed by atoms with Gasteiger partial charge >= 0.3 is 0 Å². The second kappa shape index (κ2) is 5.76. The van der Waals surface area contributed by atoms with Crippen molar-refractivity contribution in [2.45, 2.75) is 19.8 Å². The maximum absolute atomic E-state index is 11.9. The van der Waals surface area contributed by atoms with Crippen molar-refractivity contribution >= 4 is 23.6 Å². The van der Waals surface area contributed by atoms with Gasteiger partial charge in [-0.2, -0.15) is 0 Å². The van der Waals surface area contributed by atoms with Crippen LogP contribution in [0.1, 0.15) is 25.3 Å². The van der Waals surface area contributed by atoms with Crippen LogP contribution in [0.4, 0.5) is 0 Å². The van der Waals surface area contributed by atoms with Crippen LogP contribution < -0.4 is 5.32 Å². The molecule has 4 heteroatoms. The van der Waals surface area contributed by atoms with Crippen molar-refractivity contribution in [1.29, 1.82) is 0 Å². The van der Waals surface area contributed by atoms with Crippen molar-refractivity contribution in [2.75, 3.05) is 13.2 Å². The molecule has 0 spiro atoms. The van der Waals surface area contributed by atoms with E-state index in [9.17, 15) is 9.90 Å². The lowest BCUT2D eigenvalue weighted by Crippen LogP contribution is -2.32.